The number of benzene rings is 1. The molecule has 5 heteroatoms. The van der Waals surface area contributed by atoms with Crippen molar-refractivity contribution in [3.05, 3.63) is 45.9 Å². The molecule has 0 fully saturated rings. The van der Waals surface area contributed by atoms with Crippen LogP contribution in [0.5, 0.6) is 0 Å². The highest BCUT2D eigenvalue weighted by molar-refractivity contribution is 7.09. The Balaban J connectivity index is 2.14. The zero-order chi connectivity index (χ0) is 11.5. The molecule has 84 valence electrons. The van der Waals surface area contributed by atoms with E-state index in [4.69, 9.17) is 0 Å². The third-order valence-corrected chi connectivity index (χ3v) is 3.17. The van der Waals surface area contributed by atoms with Gasteiger partial charge in [0.25, 0.3) is 0 Å². The molecule has 0 radical (unpaired) electrons. The van der Waals surface area contributed by atoms with E-state index in [0.717, 1.165) is 10.6 Å². The molecule has 16 heavy (non-hydrogen) atoms. The molecule has 2 aromatic rings. The van der Waals surface area contributed by atoms with Crippen molar-refractivity contribution < 1.29 is 8.78 Å². The molecule has 2 rings (SSSR count). The smallest absolute Gasteiger partial charge is 0.149 e. The summed E-state index contributed by atoms with van der Waals surface area (Å²) in [6.07, 6.45) is 0. The summed E-state index contributed by atoms with van der Waals surface area (Å²) in [7, 11) is 0. The quantitative estimate of drug-likeness (QED) is 0.890. The van der Waals surface area contributed by atoms with Crippen LogP contribution in [0.15, 0.2) is 23.7 Å². The second-order valence-electron chi connectivity index (χ2n) is 3.31. The number of halogens is 2. The SMILES string of the molecule is Cc1ncsc1CNc1c(F)cccc1F. The first-order valence-electron chi connectivity index (χ1n) is 4.75. The van der Waals surface area contributed by atoms with Gasteiger partial charge < -0.3 is 5.32 Å². The van der Waals surface area contributed by atoms with Crippen molar-refractivity contribution >= 4 is 17.0 Å². The predicted molar refractivity (Wildman–Crippen MR) is 60.5 cm³/mol. The first-order valence-corrected chi connectivity index (χ1v) is 5.63. The monoisotopic (exact) mass is 240 g/mol. The van der Waals surface area contributed by atoms with Crippen LogP contribution in [0.2, 0.25) is 0 Å². The number of aromatic nitrogens is 1. The highest BCUT2D eigenvalue weighted by atomic mass is 32.1. The van der Waals surface area contributed by atoms with Gasteiger partial charge in [0.1, 0.15) is 17.3 Å². The lowest BCUT2D eigenvalue weighted by molar-refractivity contribution is 0.588. The molecule has 1 heterocycles. The van der Waals surface area contributed by atoms with Gasteiger partial charge >= 0.3 is 0 Å². The molecule has 0 aliphatic carbocycles. The van der Waals surface area contributed by atoms with E-state index in [1.807, 2.05) is 6.92 Å². The minimum Gasteiger partial charge on any atom is -0.375 e. The maximum absolute atomic E-state index is 13.3. The molecule has 0 unspecified atom stereocenters. The van der Waals surface area contributed by atoms with Gasteiger partial charge in [-0.05, 0) is 19.1 Å². The fourth-order valence-corrected chi connectivity index (χ4v) is 2.05. The highest BCUT2D eigenvalue weighted by Crippen LogP contribution is 2.20. The van der Waals surface area contributed by atoms with Gasteiger partial charge in [-0.2, -0.15) is 0 Å². The summed E-state index contributed by atoms with van der Waals surface area (Å²) in [5.41, 5.74) is 2.51. The average molecular weight is 240 g/mol. The highest BCUT2D eigenvalue weighted by Gasteiger charge is 2.08. The van der Waals surface area contributed by atoms with Crippen molar-refractivity contribution in [2.45, 2.75) is 13.5 Å². The average Bonchev–Trinajstić information content (AvgIpc) is 2.64. The van der Waals surface area contributed by atoms with Gasteiger partial charge in [0.05, 0.1) is 17.7 Å². The molecule has 0 saturated heterocycles. The first-order chi connectivity index (χ1) is 7.68. The van der Waals surface area contributed by atoms with Gasteiger partial charge in [-0.25, -0.2) is 13.8 Å². The summed E-state index contributed by atoms with van der Waals surface area (Å²) < 4.78 is 26.5. The number of anilines is 1. The van der Waals surface area contributed by atoms with E-state index in [2.05, 4.69) is 10.3 Å². The largest absolute Gasteiger partial charge is 0.375 e. The molecule has 0 aliphatic rings. The van der Waals surface area contributed by atoms with E-state index in [0.29, 0.717) is 6.54 Å². The lowest BCUT2D eigenvalue weighted by atomic mass is 10.3. The summed E-state index contributed by atoms with van der Waals surface area (Å²) in [4.78, 5) is 5.04. The number of hydrogen-bond donors (Lipinski definition) is 1. The van der Waals surface area contributed by atoms with E-state index in [1.54, 1.807) is 5.51 Å². The fraction of sp³-hybridized carbons (Fsp3) is 0.182. The first kappa shape index (κ1) is 11.0. The Morgan fingerprint density at radius 3 is 2.56 bits per heavy atom. The van der Waals surface area contributed by atoms with E-state index in [1.165, 1.54) is 29.5 Å². The lowest BCUT2D eigenvalue weighted by Gasteiger charge is -2.07. The van der Waals surface area contributed by atoms with E-state index < -0.39 is 11.6 Å². The number of aryl methyl sites for hydroxylation is 1. The van der Waals surface area contributed by atoms with Crippen molar-refractivity contribution in [1.82, 2.24) is 4.98 Å². The van der Waals surface area contributed by atoms with Crippen LogP contribution >= 0.6 is 11.3 Å². The summed E-state index contributed by atoms with van der Waals surface area (Å²) in [6, 6.07) is 3.80. The Labute approximate surface area is 96.0 Å². The van der Waals surface area contributed by atoms with Crippen LogP contribution in [0.3, 0.4) is 0 Å². The lowest BCUT2D eigenvalue weighted by Crippen LogP contribution is -2.03. The number of hydrogen-bond acceptors (Lipinski definition) is 3. The molecular formula is C11H10F2N2S. The van der Waals surface area contributed by atoms with Crippen LogP contribution in [0.4, 0.5) is 14.5 Å². The van der Waals surface area contributed by atoms with Crippen LogP contribution in [0.25, 0.3) is 0 Å². The Bertz CT molecular complexity index is 476. The Kier molecular flexibility index (Phi) is 3.14. The molecule has 0 bridgehead atoms. The number of para-hydroxylation sites is 1. The Hall–Kier alpha value is -1.49. The number of thiazole rings is 1. The van der Waals surface area contributed by atoms with Crippen LogP contribution < -0.4 is 5.32 Å². The van der Waals surface area contributed by atoms with Crippen molar-refractivity contribution in [2.24, 2.45) is 0 Å². The minimum atomic E-state index is -0.581. The summed E-state index contributed by atoms with van der Waals surface area (Å²) in [5, 5.41) is 2.74. The summed E-state index contributed by atoms with van der Waals surface area (Å²) in [6.45, 7) is 2.25. The number of nitrogens with zero attached hydrogens (tertiary/aromatic N) is 1. The van der Waals surface area contributed by atoms with E-state index >= 15 is 0 Å². The fourth-order valence-electron chi connectivity index (χ4n) is 1.33. The van der Waals surface area contributed by atoms with Gasteiger partial charge in [0.15, 0.2) is 0 Å². The molecular weight excluding hydrogens is 230 g/mol. The van der Waals surface area contributed by atoms with E-state index in [-0.39, 0.29) is 5.69 Å². The summed E-state index contributed by atoms with van der Waals surface area (Å²) >= 11 is 1.46. The van der Waals surface area contributed by atoms with Gasteiger partial charge in [-0.3, -0.25) is 0 Å². The van der Waals surface area contributed by atoms with Crippen molar-refractivity contribution in [1.29, 1.82) is 0 Å². The molecule has 1 aromatic carbocycles. The predicted octanol–water partition coefficient (Wildman–Crippen LogP) is 3.34. The standard InChI is InChI=1S/C11H10F2N2S/c1-7-10(16-6-15-7)5-14-11-8(12)3-2-4-9(11)13/h2-4,6,14H,5H2,1H3. The maximum Gasteiger partial charge on any atom is 0.149 e. The van der Waals surface area contributed by atoms with Crippen LogP contribution in [-0.2, 0) is 6.54 Å². The van der Waals surface area contributed by atoms with Crippen molar-refractivity contribution in [3.8, 4) is 0 Å². The van der Waals surface area contributed by atoms with Gasteiger partial charge in [-0.15, -0.1) is 11.3 Å². The molecule has 0 saturated carbocycles. The second-order valence-corrected chi connectivity index (χ2v) is 4.25. The van der Waals surface area contributed by atoms with Crippen molar-refractivity contribution in [3.63, 3.8) is 0 Å². The van der Waals surface area contributed by atoms with Crippen molar-refractivity contribution in [2.75, 3.05) is 5.32 Å². The number of rotatable bonds is 3. The van der Waals surface area contributed by atoms with Gasteiger partial charge in [0.2, 0.25) is 0 Å². The molecule has 0 aliphatic heterocycles. The topological polar surface area (TPSA) is 24.9 Å². The molecule has 0 atom stereocenters. The van der Waals surface area contributed by atoms with Crippen LogP contribution in [-0.4, -0.2) is 4.98 Å². The normalized spacial score (nSPS) is 10.4. The molecule has 1 N–H and O–H groups in total. The van der Waals surface area contributed by atoms with Gasteiger partial charge in [0, 0.05) is 4.88 Å². The van der Waals surface area contributed by atoms with E-state index in [9.17, 15) is 8.78 Å². The molecule has 1 aromatic heterocycles. The Morgan fingerprint density at radius 2 is 2.00 bits per heavy atom. The summed E-state index contributed by atoms with van der Waals surface area (Å²) in [5.74, 6) is -1.16. The number of nitrogens with one attached hydrogen (secondary N) is 1. The zero-order valence-corrected chi connectivity index (χ0v) is 9.44. The second kappa shape index (κ2) is 4.57. The third-order valence-electron chi connectivity index (χ3n) is 2.23. The van der Waals surface area contributed by atoms with Crippen LogP contribution in [0.1, 0.15) is 10.6 Å². The molecule has 2 nitrogen and oxygen atoms in total. The molecule has 0 amide bonds. The zero-order valence-electron chi connectivity index (χ0n) is 8.63. The molecule has 0 spiro atoms. The third kappa shape index (κ3) is 2.19. The maximum atomic E-state index is 13.3. The van der Waals surface area contributed by atoms with Crippen LogP contribution in [0, 0.1) is 18.6 Å². The minimum absolute atomic E-state index is 0.0877. The van der Waals surface area contributed by atoms with Gasteiger partial charge in [-0.1, -0.05) is 6.07 Å². The Morgan fingerprint density at radius 1 is 1.31 bits per heavy atom.